The molecular weight excluding hydrogens is 424 g/mol. The molecule has 0 spiro atoms. The van der Waals surface area contributed by atoms with E-state index < -0.39 is 10.0 Å². The number of hydrogen-bond donors (Lipinski definition) is 1. The summed E-state index contributed by atoms with van der Waals surface area (Å²) >= 11 is 0.961. The molecule has 1 aromatic heterocycles. The van der Waals surface area contributed by atoms with Crippen molar-refractivity contribution in [2.24, 2.45) is 0 Å². The predicted molar refractivity (Wildman–Crippen MR) is 115 cm³/mol. The summed E-state index contributed by atoms with van der Waals surface area (Å²) in [4.78, 5) is 18.3. The standard InChI is InChI=1S/C20H20N4O4S2/c1-13-3-4-16(9-14(13)2)28-11-19(25)24-8-7-15-10-17(5-6-18(15)24)30(26,27)23-20-21-12-22-29-20/h3-6,9-10,12H,7-8,11H2,1-2H3,(H,21,22,23). The Labute approximate surface area is 178 Å². The number of aryl methyl sites for hydroxylation is 2. The summed E-state index contributed by atoms with van der Waals surface area (Å²) in [6, 6.07) is 10.4. The predicted octanol–water partition coefficient (Wildman–Crippen LogP) is 2.92. The number of nitrogens with zero attached hydrogens (tertiary/aromatic N) is 3. The van der Waals surface area contributed by atoms with Crippen LogP contribution < -0.4 is 14.4 Å². The number of benzene rings is 2. The van der Waals surface area contributed by atoms with Gasteiger partial charge < -0.3 is 9.64 Å². The Morgan fingerprint density at radius 1 is 1.20 bits per heavy atom. The zero-order chi connectivity index (χ0) is 21.3. The number of fused-ring (bicyclic) bond motifs is 1. The SMILES string of the molecule is Cc1ccc(OCC(=O)N2CCc3cc(S(=O)(=O)Nc4ncns4)ccc32)cc1C. The van der Waals surface area contributed by atoms with E-state index in [0.29, 0.717) is 24.4 Å². The van der Waals surface area contributed by atoms with E-state index >= 15 is 0 Å². The number of ether oxygens (including phenoxy) is 1. The smallest absolute Gasteiger partial charge is 0.264 e. The third-order valence-electron chi connectivity index (χ3n) is 4.98. The highest BCUT2D eigenvalue weighted by Crippen LogP contribution is 2.31. The molecule has 0 aliphatic carbocycles. The Bertz CT molecular complexity index is 1190. The van der Waals surface area contributed by atoms with Gasteiger partial charge in [0.05, 0.1) is 4.90 Å². The minimum atomic E-state index is -3.77. The lowest BCUT2D eigenvalue weighted by molar-refractivity contribution is -0.120. The molecule has 0 fully saturated rings. The number of rotatable bonds is 6. The van der Waals surface area contributed by atoms with Crippen molar-refractivity contribution in [3.05, 3.63) is 59.4 Å². The van der Waals surface area contributed by atoms with Crippen molar-refractivity contribution in [2.45, 2.75) is 25.2 Å². The maximum atomic E-state index is 12.7. The molecule has 3 aromatic rings. The number of carbonyl (C=O) groups excluding carboxylic acids is 1. The number of hydrogen-bond acceptors (Lipinski definition) is 7. The second kappa shape index (κ2) is 8.04. The molecule has 2 heterocycles. The number of nitrogens with one attached hydrogen (secondary N) is 1. The molecule has 4 rings (SSSR count). The van der Waals surface area contributed by atoms with Gasteiger partial charge in [-0.2, -0.15) is 4.37 Å². The fourth-order valence-electron chi connectivity index (χ4n) is 3.22. The second-order valence-electron chi connectivity index (χ2n) is 6.97. The zero-order valence-corrected chi connectivity index (χ0v) is 18.1. The Hall–Kier alpha value is -2.98. The first-order valence-electron chi connectivity index (χ1n) is 9.26. The molecule has 0 unspecified atom stereocenters. The van der Waals surface area contributed by atoms with E-state index in [1.54, 1.807) is 17.0 Å². The Kier molecular flexibility index (Phi) is 5.44. The van der Waals surface area contributed by atoms with Crippen molar-refractivity contribution in [1.29, 1.82) is 0 Å². The van der Waals surface area contributed by atoms with Gasteiger partial charge in [-0.25, -0.2) is 13.4 Å². The average molecular weight is 445 g/mol. The van der Waals surface area contributed by atoms with Crippen molar-refractivity contribution >= 4 is 38.3 Å². The van der Waals surface area contributed by atoms with Crippen LogP contribution in [0.2, 0.25) is 0 Å². The quantitative estimate of drug-likeness (QED) is 0.627. The summed E-state index contributed by atoms with van der Waals surface area (Å²) in [6.07, 6.45) is 1.86. The summed E-state index contributed by atoms with van der Waals surface area (Å²) in [5, 5.41) is 0.204. The van der Waals surface area contributed by atoms with E-state index in [-0.39, 0.29) is 22.5 Å². The Balaban J connectivity index is 1.46. The fraction of sp³-hybridized carbons (Fsp3) is 0.250. The van der Waals surface area contributed by atoms with E-state index in [0.717, 1.165) is 28.2 Å². The van der Waals surface area contributed by atoms with Gasteiger partial charge in [-0.05, 0) is 67.3 Å². The first-order chi connectivity index (χ1) is 14.3. The third kappa shape index (κ3) is 4.14. The molecule has 0 bridgehead atoms. The molecular formula is C20H20N4O4S2. The van der Waals surface area contributed by atoms with Crippen LogP contribution in [0.4, 0.5) is 10.8 Å². The van der Waals surface area contributed by atoms with Crippen molar-refractivity contribution in [3.8, 4) is 5.75 Å². The Morgan fingerprint density at radius 2 is 2.03 bits per heavy atom. The molecule has 0 atom stereocenters. The van der Waals surface area contributed by atoms with Gasteiger partial charge in [0.25, 0.3) is 15.9 Å². The second-order valence-corrected chi connectivity index (χ2v) is 9.44. The van der Waals surface area contributed by atoms with Gasteiger partial charge in [0.2, 0.25) is 5.13 Å². The van der Waals surface area contributed by atoms with Crippen LogP contribution in [-0.4, -0.2) is 36.8 Å². The fourth-order valence-corrected chi connectivity index (χ4v) is 4.93. The lowest BCUT2D eigenvalue weighted by Gasteiger charge is -2.18. The van der Waals surface area contributed by atoms with E-state index in [9.17, 15) is 13.2 Å². The summed E-state index contributed by atoms with van der Waals surface area (Å²) in [7, 11) is -3.77. The molecule has 0 saturated heterocycles. The molecule has 1 N–H and O–H groups in total. The monoisotopic (exact) mass is 444 g/mol. The summed E-state index contributed by atoms with van der Waals surface area (Å²) < 4.78 is 37.0. The normalized spacial score (nSPS) is 13.2. The average Bonchev–Trinajstić information content (AvgIpc) is 3.37. The first-order valence-corrected chi connectivity index (χ1v) is 11.5. The number of carbonyl (C=O) groups is 1. The van der Waals surface area contributed by atoms with Crippen LogP contribution in [0.3, 0.4) is 0 Å². The van der Waals surface area contributed by atoms with Gasteiger partial charge in [0.1, 0.15) is 12.1 Å². The molecule has 0 radical (unpaired) electrons. The van der Waals surface area contributed by atoms with E-state index in [2.05, 4.69) is 14.1 Å². The van der Waals surface area contributed by atoms with Gasteiger partial charge in [-0.1, -0.05) is 6.07 Å². The van der Waals surface area contributed by atoms with Gasteiger partial charge in [-0.3, -0.25) is 9.52 Å². The summed E-state index contributed by atoms with van der Waals surface area (Å²) in [5.74, 6) is 0.477. The molecule has 30 heavy (non-hydrogen) atoms. The summed E-state index contributed by atoms with van der Waals surface area (Å²) in [5.41, 5.74) is 3.77. The van der Waals surface area contributed by atoms with Crippen LogP contribution >= 0.6 is 11.5 Å². The highest BCUT2D eigenvalue weighted by Gasteiger charge is 2.27. The Morgan fingerprint density at radius 3 is 2.77 bits per heavy atom. The molecule has 1 amide bonds. The number of amides is 1. The van der Waals surface area contributed by atoms with Crippen LogP contribution in [0.25, 0.3) is 0 Å². The van der Waals surface area contributed by atoms with Crippen molar-refractivity contribution in [3.63, 3.8) is 0 Å². The molecule has 0 saturated carbocycles. The lowest BCUT2D eigenvalue weighted by Crippen LogP contribution is -2.33. The molecule has 156 valence electrons. The van der Waals surface area contributed by atoms with Crippen LogP contribution in [0.15, 0.2) is 47.6 Å². The largest absolute Gasteiger partial charge is 0.484 e. The molecule has 2 aromatic carbocycles. The van der Waals surface area contributed by atoms with Gasteiger partial charge in [0.15, 0.2) is 6.61 Å². The van der Waals surface area contributed by atoms with Crippen LogP contribution in [0, 0.1) is 13.8 Å². The van der Waals surface area contributed by atoms with Gasteiger partial charge in [-0.15, -0.1) is 0 Å². The number of aromatic nitrogens is 2. The van der Waals surface area contributed by atoms with Crippen LogP contribution in [0.5, 0.6) is 5.75 Å². The van der Waals surface area contributed by atoms with E-state index in [1.165, 1.54) is 12.4 Å². The first kappa shape index (κ1) is 20.3. The highest BCUT2D eigenvalue weighted by molar-refractivity contribution is 7.93. The van der Waals surface area contributed by atoms with Gasteiger partial charge in [0, 0.05) is 23.8 Å². The maximum Gasteiger partial charge on any atom is 0.264 e. The molecule has 8 nitrogen and oxygen atoms in total. The maximum absolute atomic E-state index is 12.7. The van der Waals surface area contributed by atoms with Gasteiger partial charge >= 0.3 is 0 Å². The van der Waals surface area contributed by atoms with Crippen molar-refractivity contribution in [2.75, 3.05) is 22.8 Å². The van der Waals surface area contributed by atoms with Crippen LogP contribution in [-0.2, 0) is 21.2 Å². The topological polar surface area (TPSA) is 101 Å². The number of sulfonamides is 1. The molecule has 10 heteroatoms. The van der Waals surface area contributed by atoms with Crippen LogP contribution in [0.1, 0.15) is 16.7 Å². The molecule has 1 aliphatic heterocycles. The molecule has 1 aliphatic rings. The minimum absolute atomic E-state index is 0.0827. The number of anilines is 2. The van der Waals surface area contributed by atoms with Crippen molar-refractivity contribution < 1.29 is 17.9 Å². The van der Waals surface area contributed by atoms with Crippen molar-refractivity contribution in [1.82, 2.24) is 9.36 Å². The highest BCUT2D eigenvalue weighted by atomic mass is 32.2. The third-order valence-corrected chi connectivity index (χ3v) is 7.03. The van der Waals surface area contributed by atoms with E-state index in [4.69, 9.17) is 4.74 Å². The summed E-state index contributed by atoms with van der Waals surface area (Å²) in [6.45, 7) is 4.41. The van der Waals surface area contributed by atoms with E-state index in [1.807, 2.05) is 32.0 Å². The minimum Gasteiger partial charge on any atom is -0.484 e. The zero-order valence-electron chi connectivity index (χ0n) is 16.5. The lowest BCUT2D eigenvalue weighted by atomic mass is 10.1.